The Kier molecular flexibility index (Phi) is 4.77. The number of carbonyl (C=O) groups excluding carboxylic acids is 2. The minimum atomic E-state index is -0.0888. The molecule has 1 aromatic heterocycles. The molecule has 2 aliphatic rings. The lowest BCUT2D eigenvalue weighted by atomic mass is 9.78. The first-order chi connectivity index (χ1) is 11.2. The van der Waals surface area contributed by atoms with E-state index in [1.807, 2.05) is 13.8 Å². The van der Waals surface area contributed by atoms with Gasteiger partial charge in [-0.15, -0.1) is 0 Å². The predicted octanol–water partition coefficient (Wildman–Crippen LogP) is 2.35. The molecular formula is C17H25N3O3S. The van der Waals surface area contributed by atoms with Gasteiger partial charge in [-0.1, -0.05) is 25.2 Å². The van der Waals surface area contributed by atoms with Crippen LogP contribution in [0.4, 0.5) is 5.13 Å². The Balaban J connectivity index is 1.63. The number of ketones is 1. The molecule has 0 bridgehead atoms. The summed E-state index contributed by atoms with van der Waals surface area (Å²) in [5.41, 5.74) is 0.768. The molecule has 1 amide bonds. The van der Waals surface area contributed by atoms with Gasteiger partial charge in [-0.2, -0.15) is 0 Å². The molecule has 1 aliphatic carbocycles. The maximum atomic E-state index is 12.3. The Morgan fingerprint density at radius 2 is 2.00 bits per heavy atom. The van der Waals surface area contributed by atoms with Gasteiger partial charge in [0.15, 0.2) is 10.9 Å². The second-order valence-corrected chi connectivity index (χ2v) is 8.73. The number of thiazole rings is 1. The molecule has 1 saturated heterocycles. The Morgan fingerprint density at radius 3 is 2.67 bits per heavy atom. The number of morpholine rings is 1. The van der Waals surface area contributed by atoms with Gasteiger partial charge in [0.1, 0.15) is 0 Å². The van der Waals surface area contributed by atoms with Crippen molar-refractivity contribution in [2.75, 3.05) is 25.0 Å². The van der Waals surface area contributed by atoms with Crippen molar-refractivity contribution in [2.24, 2.45) is 5.41 Å². The van der Waals surface area contributed by atoms with Crippen LogP contribution in [0.5, 0.6) is 0 Å². The van der Waals surface area contributed by atoms with Crippen LogP contribution in [-0.4, -0.2) is 53.4 Å². The number of hydrogen-bond acceptors (Lipinski definition) is 6. The molecule has 6 nitrogen and oxygen atoms in total. The van der Waals surface area contributed by atoms with Crippen molar-refractivity contribution in [1.29, 1.82) is 0 Å². The highest BCUT2D eigenvalue weighted by atomic mass is 32.1. The summed E-state index contributed by atoms with van der Waals surface area (Å²) in [5.74, 6) is 0.0455. The molecule has 1 N–H and O–H groups in total. The zero-order valence-corrected chi connectivity index (χ0v) is 15.5. The smallest absolute Gasteiger partial charge is 0.240 e. The van der Waals surface area contributed by atoms with E-state index in [0.29, 0.717) is 23.0 Å². The van der Waals surface area contributed by atoms with E-state index in [9.17, 15) is 9.59 Å². The van der Waals surface area contributed by atoms with Gasteiger partial charge in [-0.05, 0) is 25.7 Å². The maximum absolute atomic E-state index is 12.3. The summed E-state index contributed by atoms with van der Waals surface area (Å²) >= 11 is 1.30. The molecule has 24 heavy (non-hydrogen) atoms. The number of nitrogens with one attached hydrogen (secondary N) is 1. The molecule has 1 aliphatic heterocycles. The number of rotatable bonds is 3. The van der Waals surface area contributed by atoms with Crippen LogP contribution in [0.1, 0.15) is 49.5 Å². The fourth-order valence-electron chi connectivity index (χ4n) is 3.55. The molecule has 0 saturated carbocycles. The molecule has 1 aromatic rings. The van der Waals surface area contributed by atoms with Gasteiger partial charge in [-0.25, -0.2) is 4.98 Å². The third kappa shape index (κ3) is 4.02. The van der Waals surface area contributed by atoms with E-state index in [0.717, 1.165) is 25.2 Å². The Labute approximate surface area is 146 Å². The first-order valence-corrected chi connectivity index (χ1v) is 9.24. The van der Waals surface area contributed by atoms with Crippen LogP contribution in [0.15, 0.2) is 0 Å². The highest BCUT2D eigenvalue weighted by Crippen LogP contribution is 2.38. The number of hydrogen-bond donors (Lipinski definition) is 1. The summed E-state index contributed by atoms with van der Waals surface area (Å²) in [7, 11) is 0. The van der Waals surface area contributed by atoms with Crippen molar-refractivity contribution in [3.8, 4) is 0 Å². The lowest BCUT2D eigenvalue weighted by Gasteiger charge is -2.34. The number of carbonyl (C=O) groups is 2. The quantitative estimate of drug-likeness (QED) is 0.905. The first kappa shape index (κ1) is 17.5. The molecule has 0 radical (unpaired) electrons. The van der Waals surface area contributed by atoms with E-state index in [-0.39, 0.29) is 29.3 Å². The monoisotopic (exact) mass is 351 g/mol. The fraction of sp³-hybridized carbons (Fsp3) is 0.706. The number of amides is 1. The van der Waals surface area contributed by atoms with Crippen molar-refractivity contribution in [2.45, 2.75) is 52.7 Å². The van der Waals surface area contributed by atoms with Crippen molar-refractivity contribution >= 4 is 28.2 Å². The van der Waals surface area contributed by atoms with Crippen molar-refractivity contribution in [3.63, 3.8) is 0 Å². The van der Waals surface area contributed by atoms with Crippen molar-refractivity contribution in [1.82, 2.24) is 9.88 Å². The number of Topliss-reactive ketones (excluding diaryl/α,β-unsaturated/α-hetero) is 1. The molecular weight excluding hydrogens is 326 g/mol. The zero-order chi connectivity index (χ0) is 17.5. The van der Waals surface area contributed by atoms with Gasteiger partial charge in [0.25, 0.3) is 0 Å². The standard InChI is InChI=1S/C17H25N3O3S/c1-10-7-20(8-11(2)23-10)9-14(22)19-16-18-12-5-17(3,4)6-13(21)15(12)24-16/h10-11H,5-9H2,1-4H3,(H,18,19,22). The molecule has 7 heteroatoms. The Hall–Kier alpha value is -1.31. The van der Waals surface area contributed by atoms with Crippen LogP contribution in [0.3, 0.4) is 0 Å². The van der Waals surface area contributed by atoms with Gasteiger partial charge >= 0.3 is 0 Å². The van der Waals surface area contributed by atoms with Gasteiger partial charge in [0.05, 0.1) is 29.3 Å². The van der Waals surface area contributed by atoms with E-state index in [2.05, 4.69) is 29.0 Å². The van der Waals surface area contributed by atoms with Gasteiger partial charge < -0.3 is 10.1 Å². The first-order valence-electron chi connectivity index (χ1n) is 8.42. The summed E-state index contributed by atoms with van der Waals surface area (Å²) in [6, 6.07) is 0. The number of aromatic nitrogens is 1. The number of ether oxygens (including phenoxy) is 1. The highest BCUT2D eigenvalue weighted by molar-refractivity contribution is 7.17. The SMILES string of the molecule is CC1CN(CC(=O)Nc2nc3c(s2)C(=O)CC(C)(C)C3)CC(C)O1. The predicted molar refractivity (Wildman–Crippen MR) is 93.6 cm³/mol. The van der Waals surface area contributed by atoms with E-state index < -0.39 is 0 Å². The molecule has 132 valence electrons. The minimum Gasteiger partial charge on any atom is -0.373 e. The molecule has 3 rings (SSSR count). The lowest BCUT2D eigenvalue weighted by Crippen LogP contribution is -2.48. The third-order valence-electron chi connectivity index (χ3n) is 4.34. The topological polar surface area (TPSA) is 71.5 Å². The number of fused-ring (bicyclic) bond motifs is 1. The Bertz CT molecular complexity index is 646. The zero-order valence-electron chi connectivity index (χ0n) is 14.7. The van der Waals surface area contributed by atoms with Crippen molar-refractivity contribution < 1.29 is 14.3 Å². The fourth-order valence-corrected chi connectivity index (χ4v) is 4.48. The normalized spacial score (nSPS) is 26.9. The van der Waals surface area contributed by atoms with E-state index >= 15 is 0 Å². The summed E-state index contributed by atoms with van der Waals surface area (Å²) < 4.78 is 5.68. The van der Waals surface area contributed by atoms with E-state index in [4.69, 9.17) is 4.74 Å². The molecule has 0 aromatic carbocycles. The third-order valence-corrected chi connectivity index (χ3v) is 5.40. The largest absolute Gasteiger partial charge is 0.373 e. The molecule has 2 heterocycles. The maximum Gasteiger partial charge on any atom is 0.240 e. The molecule has 2 unspecified atom stereocenters. The van der Waals surface area contributed by atoms with E-state index in [1.165, 1.54) is 11.3 Å². The van der Waals surface area contributed by atoms with Crippen LogP contribution in [0.2, 0.25) is 0 Å². The average Bonchev–Trinajstić information content (AvgIpc) is 2.78. The van der Waals surface area contributed by atoms with Crippen LogP contribution < -0.4 is 5.32 Å². The molecule has 0 spiro atoms. The Morgan fingerprint density at radius 1 is 1.33 bits per heavy atom. The molecule has 1 fully saturated rings. The van der Waals surface area contributed by atoms with Crippen molar-refractivity contribution in [3.05, 3.63) is 10.6 Å². The number of nitrogens with zero attached hydrogens (tertiary/aromatic N) is 2. The van der Waals surface area contributed by atoms with Gasteiger partial charge in [0.2, 0.25) is 5.91 Å². The number of anilines is 1. The summed E-state index contributed by atoms with van der Waals surface area (Å²) in [6.07, 6.45) is 1.58. The molecule has 2 atom stereocenters. The second-order valence-electron chi connectivity index (χ2n) is 7.74. The van der Waals surface area contributed by atoms with Crippen LogP contribution >= 0.6 is 11.3 Å². The summed E-state index contributed by atoms with van der Waals surface area (Å²) in [4.78, 5) is 31.8. The summed E-state index contributed by atoms with van der Waals surface area (Å²) in [6.45, 7) is 10.0. The van der Waals surface area contributed by atoms with Crippen LogP contribution in [0, 0.1) is 5.41 Å². The summed E-state index contributed by atoms with van der Waals surface area (Å²) in [5, 5.41) is 3.39. The van der Waals surface area contributed by atoms with Crippen LogP contribution in [-0.2, 0) is 16.0 Å². The van der Waals surface area contributed by atoms with Crippen LogP contribution in [0.25, 0.3) is 0 Å². The highest BCUT2D eigenvalue weighted by Gasteiger charge is 2.34. The lowest BCUT2D eigenvalue weighted by molar-refractivity contribution is -0.121. The van der Waals surface area contributed by atoms with Gasteiger partial charge in [0, 0.05) is 19.5 Å². The van der Waals surface area contributed by atoms with Gasteiger partial charge in [-0.3, -0.25) is 14.5 Å². The second kappa shape index (κ2) is 6.54. The average molecular weight is 351 g/mol. The minimum absolute atomic E-state index is 0.0560. The van der Waals surface area contributed by atoms with E-state index in [1.54, 1.807) is 0 Å².